The van der Waals surface area contributed by atoms with Gasteiger partial charge in [-0.05, 0) is 6.07 Å². The number of nitrogens with zero attached hydrogens (tertiary/aromatic N) is 2. The zero-order valence-electron chi connectivity index (χ0n) is 6.81. The third-order valence-electron chi connectivity index (χ3n) is 1.43. The number of methoxy groups -OCH3 is 1. The number of carboxylic acids is 1. The van der Waals surface area contributed by atoms with Gasteiger partial charge in [0.15, 0.2) is 5.75 Å². The van der Waals surface area contributed by atoms with Crippen molar-refractivity contribution in [1.29, 1.82) is 5.26 Å². The number of rotatable bonds is 2. The van der Waals surface area contributed by atoms with Gasteiger partial charge in [0, 0.05) is 0 Å². The van der Waals surface area contributed by atoms with Gasteiger partial charge in [0.25, 0.3) is 0 Å². The van der Waals surface area contributed by atoms with Gasteiger partial charge in [-0.2, -0.15) is 5.26 Å². The number of hydrogen-bond donors (Lipinski definition) is 1. The Labute approximate surface area is 74.2 Å². The first-order chi connectivity index (χ1) is 6.19. The molecule has 1 aromatic rings. The quantitative estimate of drug-likeness (QED) is 0.719. The van der Waals surface area contributed by atoms with Gasteiger partial charge >= 0.3 is 5.97 Å². The molecule has 0 fully saturated rings. The molecule has 0 unspecified atom stereocenters. The molecule has 0 spiro atoms. The number of nitriles is 1. The van der Waals surface area contributed by atoms with Gasteiger partial charge in [0.05, 0.1) is 18.9 Å². The summed E-state index contributed by atoms with van der Waals surface area (Å²) in [7, 11) is 1.39. The summed E-state index contributed by atoms with van der Waals surface area (Å²) >= 11 is 0. The van der Waals surface area contributed by atoms with Crippen molar-refractivity contribution in [2.75, 3.05) is 7.11 Å². The highest BCUT2D eigenvalue weighted by atomic mass is 16.5. The molecule has 0 radical (unpaired) electrons. The molecule has 0 atom stereocenters. The second-order valence-corrected chi connectivity index (χ2v) is 2.19. The molecule has 0 bridgehead atoms. The summed E-state index contributed by atoms with van der Waals surface area (Å²) in [5, 5.41) is 17.2. The zero-order valence-corrected chi connectivity index (χ0v) is 6.81. The highest BCUT2D eigenvalue weighted by molar-refractivity contribution is 5.85. The van der Waals surface area contributed by atoms with Crippen molar-refractivity contribution in [3.63, 3.8) is 0 Å². The predicted molar refractivity (Wildman–Crippen MR) is 42.5 cm³/mol. The molecule has 1 heterocycles. The number of ether oxygens (including phenoxy) is 1. The van der Waals surface area contributed by atoms with Gasteiger partial charge in [-0.25, -0.2) is 9.78 Å². The Kier molecular flexibility index (Phi) is 2.45. The molecule has 0 saturated heterocycles. The molecule has 66 valence electrons. The zero-order chi connectivity index (χ0) is 9.84. The molecule has 0 amide bonds. The first-order valence-electron chi connectivity index (χ1n) is 3.36. The Morgan fingerprint density at radius 3 is 2.92 bits per heavy atom. The van der Waals surface area contributed by atoms with E-state index in [1.165, 1.54) is 19.4 Å². The van der Waals surface area contributed by atoms with Crippen molar-refractivity contribution in [3.05, 3.63) is 23.5 Å². The number of aromatic nitrogens is 1. The van der Waals surface area contributed by atoms with Gasteiger partial charge < -0.3 is 9.84 Å². The maximum Gasteiger partial charge on any atom is 0.354 e. The van der Waals surface area contributed by atoms with E-state index in [1.807, 2.05) is 6.07 Å². The Bertz CT molecular complexity index is 381. The van der Waals surface area contributed by atoms with E-state index in [-0.39, 0.29) is 17.0 Å². The molecular formula is C8H6N2O3. The summed E-state index contributed by atoms with van der Waals surface area (Å²) < 4.78 is 4.79. The molecule has 13 heavy (non-hydrogen) atoms. The number of carboxylic acid groups (broad SMARTS) is 1. The molecule has 0 aliphatic heterocycles. The number of carbonyl (C=O) groups is 1. The lowest BCUT2D eigenvalue weighted by Gasteiger charge is -2.01. The van der Waals surface area contributed by atoms with Crippen LogP contribution in [0.3, 0.4) is 0 Å². The Hall–Kier alpha value is -2.09. The van der Waals surface area contributed by atoms with Crippen LogP contribution in [-0.4, -0.2) is 23.2 Å². The molecular weight excluding hydrogens is 172 g/mol. The average Bonchev–Trinajstić information content (AvgIpc) is 2.16. The fourth-order valence-corrected chi connectivity index (χ4v) is 0.810. The van der Waals surface area contributed by atoms with E-state index < -0.39 is 5.97 Å². The van der Waals surface area contributed by atoms with Crippen molar-refractivity contribution in [2.24, 2.45) is 0 Å². The number of hydrogen-bond acceptors (Lipinski definition) is 4. The van der Waals surface area contributed by atoms with Crippen LogP contribution in [0, 0.1) is 11.3 Å². The maximum atomic E-state index is 10.5. The normalized spacial score (nSPS) is 8.92. The molecule has 1 rings (SSSR count). The van der Waals surface area contributed by atoms with Crippen LogP contribution < -0.4 is 4.74 Å². The van der Waals surface area contributed by atoms with E-state index >= 15 is 0 Å². The molecule has 5 heteroatoms. The van der Waals surface area contributed by atoms with Gasteiger partial charge in [-0.1, -0.05) is 0 Å². The molecule has 5 nitrogen and oxygen atoms in total. The van der Waals surface area contributed by atoms with Crippen LogP contribution >= 0.6 is 0 Å². The summed E-state index contributed by atoms with van der Waals surface area (Å²) in [5.41, 5.74) is -0.00718. The Morgan fingerprint density at radius 2 is 2.46 bits per heavy atom. The Balaban J connectivity index is 3.23. The lowest BCUT2D eigenvalue weighted by Crippen LogP contribution is -2.01. The van der Waals surface area contributed by atoms with Crippen molar-refractivity contribution >= 4 is 5.97 Å². The second kappa shape index (κ2) is 3.54. The summed E-state index contributed by atoms with van der Waals surface area (Å²) in [4.78, 5) is 14.0. The third-order valence-corrected chi connectivity index (χ3v) is 1.43. The van der Waals surface area contributed by atoms with Crippen LogP contribution in [0.5, 0.6) is 5.75 Å². The van der Waals surface area contributed by atoms with Gasteiger partial charge in [-0.15, -0.1) is 0 Å². The smallest absolute Gasteiger partial charge is 0.354 e. The van der Waals surface area contributed by atoms with Crippen molar-refractivity contribution in [1.82, 2.24) is 4.98 Å². The van der Waals surface area contributed by atoms with Gasteiger partial charge in [0.2, 0.25) is 0 Å². The molecule has 0 aliphatic carbocycles. The minimum atomic E-state index is -1.17. The van der Waals surface area contributed by atoms with Gasteiger partial charge in [-0.3, -0.25) is 0 Å². The third kappa shape index (κ3) is 1.73. The second-order valence-electron chi connectivity index (χ2n) is 2.19. The standard InChI is InChI=1S/C8H6N2O3/c1-13-7-4-10-6(8(11)12)2-5(7)3-9/h2,4H,1H3,(H,11,12). The maximum absolute atomic E-state index is 10.5. The lowest BCUT2D eigenvalue weighted by atomic mass is 10.2. The first-order valence-corrected chi connectivity index (χ1v) is 3.36. The minimum Gasteiger partial charge on any atom is -0.494 e. The fraction of sp³-hybridized carbons (Fsp3) is 0.125. The number of pyridine rings is 1. The van der Waals surface area contributed by atoms with Crippen molar-refractivity contribution in [2.45, 2.75) is 0 Å². The van der Waals surface area contributed by atoms with E-state index in [9.17, 15) is 4.79 Å². The van der Waals surface area contributed by atoms with Gasteiger partial charge in [0.1, 0.15) is 11.8 Å². The SMILES string of the molecule is COc1cnc(C(=O)O)cc1C#N. The molecule has 0 saturated carbocycles. The van der Waals surface area contributed by atoms with Crippen LogP contribution in [0.25, 0.3) is 0 Å². The minimum absolute atomic E-state index is 0.162. The molecule has 1 aromatic heterocycles. The van der Waals surface area contributed by atoms with Crippen LogP contribution in [0.2, 0.25) is 0 Å². The van der Waals surface area contributed by atoms with E-state index in [0.29, 0.717) is 0 Å². The summed E-state index contributed by atoms with van der Waals surface area (Å²) in [6.07, 6.45) is 1.21. The summed E-state index contributed by atoms with van der Waals surface area (Å²) in [5.74, 6) is -0.897. The first kappa shape index (κ1) is 9.00. The van der Waals surface area contributed by atoms with Crippen molar-refractivity contribution in [3.8, 4) is 11.8 Å². The van der Waals surface area contributed by atoms with E-state index in [0.717, 1.165) is 0 Å². The summed E-state index contributed by atoms with van der Waals surface area (Å²) in [6.45, 7) is 0. The monoisotopic (exact) mass is 178 g/mol. The topological polar surface area (TPSA) is 83.2 Å². The molecule has 0 aromatic carbocycles. The fourth-order valence-electron chi connectivity index (χ4n) is 0.810. The highest BCUT2D eigenvalue weighted by Gasteiger charge is 2.09. The summed E-state index contributed by atoms with van der Waals surface area (Å²) in [6, 6.07) is 2.98. The molecule has 1 N–H and O–H groups in total. The van der Waals surface area contributed by atoms with Crippen LogP contribution in [0.4, 0.5) is 0 Å². The van der Waals surface area contributed by atoms with E-state index in [1.54, 1.807) is 0 Å². The Morgan fingerprint density at radius 1 is 1.77 bits per heavy atom. The van der Waals surface area contributed by atoms with Crippen molar-refractivity contribution < 1.29 is 14.6 Å². The predicted octanol–water partition coefficient (Wildman–Crippen LogP) is 0.660. The average molecular weight is 178 g/mol. The number of aromatic carboxylic acids is 1. The van der Waals surface area contributed by atoms with E-state index in [4.69, 9.17) is 15.1 Å². The largest absolute Gasteiger partial charge is 0.494 e. The highest BCUT2D eigenvalue weighted by Crippen LogP contribution is 2.15. The van der Waals surface area contributed by atoms with Crippen LogP contribution in [0.1, 0.15) is 16.1 Å². The van der Waals surface area contributed by atoms with Crippen LogP contribution in [0.15, 0.2) is 12.3 Å². The van der Waals surface area contributed by atoms with E-state index in [2.05, 4.69) is 4.98 Å². The van der Waals surface area contributed by atoms with Crippen LogP contribution in [-0.2, 0) is 0 Å². The molecule has 0 aliphatic rings. The lowest BCUT2D eigenvalue weighted by molar-refractivity contribution is 0.0690.